The summed E-state index contributed by atoms with van der Waals surface area (Å²) < 4.78 is 34.6. The Labute approximate surface area is 118 Å². The van der Waals surface area contributed by atoms with E-state index in [-0.39, 0.29) is 23.5 Å². The van der Waals surface area contributed by atoms with Crippen LogP contribution in [0.1, 0.15) is 32.1 Å². The van der Waals surface area contributed by atoms with E-state index in [1.165, 1.54) is 0 Å². The summed E-state index contributed by atoms with van der Waals surface area (Å²) in [6, 6.07) is 0. The number of carbonyl (C=O) groups excluding carboxylic acids is 2. The number of rotatable bonds is 4. The van der Waals surface area contributed by atoms with Gasteiger partial charge in [-0.3, -0.25) is 4.79 Å². The Morgan fingerprint density at radius 3 is 2.45 bits per heavy atom. The topological polar surface area (TPSA) is 75.7 Å². The average molecular weight is 307 g/mol. The van der Waals surface area contributed by atoms with Gasteiger partial charge in [-0.05, 0) is 38.0 Å². The third-order valence-corrected chi connectivity index (χ3v) is 5.07. The van der Waals surface area contributed by atoms with Crippen LogP contribution in [0, 0.1) is 17.8 Å². The monoisotopic (exact) mass is 307 g/mol. The summed E-state index contributed by atoms with van der Waals surface area (Å²) in [6.07, 6.45) is 2.71. The largest absolute Gasteiger partial charge is 0.710 e. The summed E-state index contributed by atoms with van der Waals surface area (Å²) in [5.74, 6) is -1.67. The second kappa shape index (κ2) is 4.64. The molecule has 2 unspecified atom stereocenters. The van der Waals surface area contributed by atoms with Crippen LogP contribution < -0.4 is 5.26 Å². The molecule has 0 aliphatic heterocycles. The van der Waals surface area contributed by atoms with Crippen molar-refractivity contribution in [3.05, 3.63) is 0 Å². The van der Waals surface area contributed by atoms with E-state index in [1.54, 1.807) is 0 Å². The lowest BCUT2D eigenvalue weighted by Crippen LogP contribution is -2.57. The van der Waals surface area contributed by atoms with Gasteiger partial charge in [0, 0.05) is 11.8 Å². The van der Waals surface area contributed by atoms with E-state index in [9.17, 15) is 23.6 Å². The molecule has 0 aromatic carbocycles. The van der Waals surface area contributed by atoms with Crippen molar-refractivity contribution in [3.63, 3.8) is 0 Å². The van der Waals surface area contributed by atoms with Gasteiger partial charge in [0.05, 0.1) is 12.0 Å². The molecule has 0 aromatic rings. The summed E-state index contributed by atoms with van der Waals surface area (Å²) in [4.78, 5) is 23.5. The van der Waals surface area contributed by atoms with E-state index >= 15 is 0 Å². The Kier molecular flexibility index (Phi) is 3.30. The van der Waals surface area contributed by atoms with Crippen LogP contribution in [0.4, 0.5) is 8.78 Å². The SMILES string of the molecule is O=C1C2CC3CC1CC(OC(=O)C(F)(F)SO[O-])(C3)C2. The molecule has 2 atom stereocenters. The van der Waals surface area contributed by atoms with Gasteiger partial charge in [-0.1, -0.05) is 0 Å². The molecule has 0 aromatic heterocycles. The Morgan fingerprint density at radius 1 is 1.30 bits per heavy atom. The minimum absolute atomic E-state index is 0.175. The van der Waals surface area contributed by atoms with Crippen LogP contribution in [0.25, 0.3) is 0 Å². The van der Waals surface area contributed by atoms with Gasteiger partial charge in [0.2, 0.25) is 0 Å². The fourth-order valence-electron chi connectivity index (χ4n) is 4.13. The third kappa shape index (κ3) is 2.23. The third-order valence-electron chi connectivity index (χ3n) is 4.62. The number of carbonyl (C=O) groups is 2. The predicted octanol–water partition coefficient (Wildman–Crippen LogP) is 1.21. The Hall–Kier alpha value is -0.730. The van der Waals surface area contributed by atoms with Crippen molar-refractivity contribution in [2.75, 3.05) is 0 Å². The maximum absolute atomic E-state index is 13.3. The number of ketones is 1. The van der Waals surface area contributed by atoms with Gasteiger partial charge in [0.1, 0.15) is 11.4 Å². The van der Waals surface area contributed by atoms with Crippen LogP contribution in [-0.4, -0.2) is 22.6 Å². The fourth-order valence-corrected chi connectivity index (χ4v) is 4.33. The zero-order valence-corrected chi connectivity index (χ0v) is 11.3. The molecule has 4 rings (SSSR count). The van der Waals surface area contributed by atoms with Crippen LogP contribution in [-0.2, 0) is 18.7 Å². The predicted molar refractivity (Wildman–Crippen MR) is 61.0 cm³/mol. The Balaban J connectivity index is 1.75. The van der Waals surface area contributed by atoms with Crippen molar-refractivity contribution >= 4 is 23.8 Å². The first-order valence-corrected chi connectivity index (χ1v) is 7.22. The highest BCUT2D eigenvalue weighted by Crippen LogP contribution is 2.56. The first-order valence-electron chi connectivity index (χ1n) is 6.48. The van der Waals surface area contributed by atoms with E-state index in [4.69, 9.17) is 4.74 Å². The molecule has 0 heterocycles. The highest BCUT2D eigenvalue weighted by Gasteiger charge is 2.58. The highest BCUT2D eigenvalue weighted by atomic mass is 32.2. The van der Waals surface area contributed by atoms with Gasteiger partial charge in [-0.2, -0.15) is 8.78 Å². The summed E-state index contributed by atoms with van der Waals surface area (Å²) in [7, 11) is 0. The summed E-state index contributed by atoms with van der Waals surface area (Å²) >= 11 is -0.760. The lowest BCUT2D eigenvalue weighted by atomic mass is 9.53. The number of hydrogen-bond donors (Lipinski definition) is 0. The van der Waals surface area contributed by atoms with Gasteiger partial charge >= 0.3 is 11.2 Å². The molecule has 0 saturated heterocycles. The molecule has 5 nitrogen and oxygen atoms in total. The van der Waals surface area contributed by atoms with Crippen LogP contribution in [0.5, 0.6) is 0 Å². The molecule has 8 heteroatoms. The first-order chi connectivity index (χ1) is 9.35. The van der Waals surface area contributed by atoms with Gasteiger partial charge in [0.15, 0.2) is 0 Å². The molecule has 0 amide bonds. The highest BCUT2D eigenvalue weighted by molar-refractivity contribution is 7.96. The molecular weight excluding hydrogens is 294 g/mol. The standard InChI is InChI=1S/C12H14F2O5S/c13-12(14,20-19-17)10(16)18-11-3-6-1-7(4-11)9(15)8(2-6)5-11/h6-8,17H,1-5H2/p-1. The smallest absolute Gasteiger partial charge is 0.412 e. The molecule has 4 aliphatic rings. The van der Waals surface area contributed by atoms with E-state index in [1.807, 2.05) is 0 Å². The van der Waals surface area contributed by atoms with Crippen molar-refractivity contribution in [1.29, 1.82) is 0 Å². The van der Waals surface area contributed by atoms with Crippen molar-refractivity contribution in [2.45, 2.75) is 43.0 Å². The van der Waals surface area contributed by atoms with Gasteiger partial charge in [0.25, 0.3) is 0 Å². The number of esters is 1. The fraction of sp³-hybridized carbons (Fsp3) is 0.833. The average Bonchev–Trinajstić information content (AvgIpc) is 2.34. The lowest BCUT2D eigenvalue weighted by molar-refractivity contribution is -0.630. The van der Waals surface area contributed by atoms with Gasteiger partial charge < -0.3 is 14.3 Å². The minimum atomic E-state index is -4.02. The number of ether oxygens (including phenoxy) is 1. The zero-order chi connectivity index (χ0) is 14.5. The summed E-state index contributed by atoms with van der Waals surface area (Å²) in [5.41, 5.74) is -0.964. The number of halogens is 2. The molecule has 0 radical (unpaired) electrons. The lowest BCUT2D eigenvalue weighted by Gasteiger charge is -2.54. The van der Waals surface area contributed by atoms with Gasteiger partial charge in [-0.25, -0.2) is 4.79 Å². The Morgan fingerprint density at radius 2 is 1.90 bits per heavy atom. The van der Waals surface area contributed by atoms with Crippen LogP contribution in [0.15, 0.2) is 0 Å². The van der Waals surface area contributed by atoms with E-state index in [2.05, 4.69) is 4.33 Å². The van der Waals surface area contributed by atoms with E-state index in [0.29, 0.717) is 19.3 Å². The molecule has 20 heavy (non-hydrogen) atoms. The summed E-state index contributed by atoms with van der Waals surface area (Å²) in [6.45, 7) is 0. The van der Waals surface area contributed by atoms with Crippen molar-refractivity contribution in [3.8, 4) is 0 Å². The van der Waals surface area contributed by atoms with Crippen LogP contribution >= 0.6 is 12.0 Å². The maximum atomic E-state index is 13.3. The van der Waals surface area contributed by atoms with Crippen LogP contribution in [0.2, 0.25) is 0 Å². The van der Waals surface area contributed by atoms with Crippen molar-refractivity contribution in [2.24, 2.45) is 17.8 Å². The summed E-state index contributed by atoms with van der Waals surface area (Å²) in [5, 5.41) is 5.77. The van der Waals surface area contributed by atoms with Crippen molar-refractivity contribution < 1.29 is 32.7 Å². The molecule has 0 N–H and O–H groups in total. The number of Topliss-reactive ketones (excluding diaryl/α,β-unsaturated/α-hetero) is 1. The number of alkyl halides is 2. The van der Waals surface area contributed by atoms with E-state index in [0.717, 1.165) is 12.8 Å². The Bertz CT molecular complexity index is 437. The normalized spacial score (nSPS) is 39.1. The van der Waals surface area contributed by atoms with E-state index < -0.39 is 28.9 Å². The molecule has 4 fully saturated rings. The molecule has 112 valence electrons. The maximum Gasteiger partial charge on any atom is 0.412 e. The minimum Gasteiger partial charge on any atom is -0.710 e. The first kappa shape index (κ1) is 14.2. The number of hydrogen-bond acceptors (Lipinski definition) is 6. The van der Waals surface area contributed by atoms with Crippen molar-refractivity contribution in [1.82, 2.24) is 0 Å². The molecule has 4 saturated carbocycles. The zero-order valence-electron chi connectivity index (χ0n) is 10.5. The molecule has 0 spiro atoms. The molecular formula is C12H13F2O5S-. The second-order valence-electron chi connectivity index (χ2n) is 5.99. The second-order valence-corrected chi connectivity index (χ2v) is 6.80. The van der Waals surface area contributed by atoms with Gasteiger partial charge in [-0.15, -0.1) is 0 Å². The molecule has 4 bridgehead atoms. The molecule has 4 aliphatic carbocycles. The quantitative estimate of drug-likeness (QED) is 0.336. The van der Waals surface area contributed by atoms with Crippen LogP contribution in [0.3, 0.4) is 0 Å².